The molecule has 2 nitrogen and oxygen atoms in total. The molecular weight excluding hydrogens is 333 g/mol. The molecule has 1 unspecified atom stereocenters. The molecule has 0 bridgehead atoms. The number of hydrogen-bond donors (Lipinski definition) is 1. The molecule has 110 valence electrons. The van der Waals surface area contributed by atoms with Gasteiger partial charge < -0.3 is 10.0 Å². The lowest BCUT2D eigenvalue weighted by atomic mass is 9.99. The van der Waals surface area contributed by atoms with Gasteiger partial charge in [-0.25, -0.2) is 4.39 Å². The highest BCUT2D eigenvalue weighted by molar-refractivity contribution is 9.10. The lowest BCUT2D eigenvalue weighted by Gasteiger charge is -2.15. The van der Waals surface area contributed by atoms with Crippen LogP contribution < -0.4 is 4.90 Å². The molecule has 2 aromatic carbocycles. The zero-order valence-electron chi connectivity index (χ0n) is 11.8. The summed E-state index contributed by atoms with van der Waals surface area (Å²) in [6.07, 6.45) is 0.780. The lowest BCUT2D eigenvalue weighted by Crippen LogP contribution is -2.12. The number of hydrogen-bond acceptors (Lipinski definition) is 2. The Labute approximate surface area is 132 Å². The maximum absolute atomic E-state index is 13.3. The highest BCUT2D eigenvalue weighted by atomic mass is 79.9. The summed E-state index contributed by atoms with van der Waals surface area (Å²) in [4.78, 5) is 2.22. The Morgan fingerprint density at radius 1 is 1.29 bits per heavy atom. The molecule has 2 aromatic rings. The molecule has 0 radical (unpaired) electrons. The van der Waals surface area contributed by atoms with Gasteiger partial charge in [0.05, 0.1) is 6.10 Å². The monoisotopic (exact) mass is 349 g/mol. The summed E-state index contributed by atoms with van der Waals surface area (Å²) in [5, 5.41) is 10.4. The van der Waals surface area contributed by atoms with E-state index in [1.165, 1.54) is 23.4 Å². The molecule has 21 heavy (non-hydrogen) atoms. The van der Waals surface area contributed by atoms with Crippen molar-refractivity contribution in [2.24, 2.45) is 0 Å². The number of halogens is 2. The molecule has 0 aromatic heterocycles. The summed E-state index contributed by atoms with van der Waals surface area (Å²) in [6, 6.07) is 10.6. The second-order valence-corrected chi connectivity index (χ2v) is 6.37. The molecule has 1 N–H and O–H groups in total. The average molecular weight is 350 g/mol. The van der Waals surface area contributed by atoms with Crippen LogP contribution in [0.15, 0.2) is 40.9 Å². The molecule has 0 fully saturated rings. The quantitative estimate of drug-likeness (QED) is 0.909. The van der Waals surface area contributed by atoms with Crippen LogP contribution in [0.4, 0.5) is 10.1 Å². The smallest absolute Gasteiger partial charge is 0.123 e. The molecule has 3 rings (SSSR count). The SMILES string of the molecule is CN1CCc2cc(C(O)Cc3cc(F)ccc3Br)ccc21. The average Bonchev–Trinajstić information content (AvgIpc) is 2.84. The number of rotatable bonds is 3. The molecule has 0 saturated heterocycles. The number of anilines is 1. The fraction of sp³-hybridized carbons (Fsp3) is 0.294. The van der Waals surface area contributed by atoms with Gasteiger partial charge in [-0.2, -0.15) is 0 Å². The minimum absolute atomic E-state index is 0.282. The Kier molecular flexibility index (Phi) is 4.00. The molecule has 0 saturated carbocycles. The van der Waals surface area contributed by atoms with E-state index in [2.05, 4.69) is 40.0 Å². The molecule has 1 aliphatic heterocycles. The van der Waals surface area contributed by atoms with E-state index in [0.29, 0.717) is 6.42 Å². The van der Waals surface area contributed by atoms with Gasteiger partial charge in [0.25, 0.3) is 0 Å². The highest BCUT2D eigenvalue weighted by Gasteiger charge is 2.18. The van der Waals surface area contributed by atoms with Crippen molar-refractivity contribution in [2.75, 3.05) is 18.5 Å². The first-order chi connectivity index (χ1) is 10.0. The van der Waals surface area contributed by atoms with E-state index in [4.69, 9.17) is 0 Å². The third kappa shape index (κ3) is 2.97. The van der Waals surface area contributed by atoms with E-state index in [9.17, 15) is 9.50 Å². The summed E-state index contributed by atoms with van der Waals surface area (Å²) in [6.45, 7) is 1.02. The zero-order valence-corrected chi connectivity index (χ0v) is 13.4. The lowest BCUT2D eigenvalue weighted by molar-refractivity contribution is 0.178. The normalized spacial score (nSPS) is 15.1. The van der Waals surface area contributed by atoms with E-state index < -0.39 is 6.10 Å². The van der Waals surface area contributed by atoms with Gasteiger partial charge in [0, 0.05) is 30.2 Å². The zero-order chi connectivity index (χ0) is 15.0. The Hall–Kier alpha value is -1.39. The van der Waals surface area contributed by atoms with Crippen molar-refractivity contribution in [3.8, 4) is 0 Å². The number of likely N-dealkylation sites (N-methyl/N-ethyl adjacent to an activating group) is 1. The number of nitrogens with zero attached hydrogens (tertiary/aromatic N) is 1. The van der Waals surface area contributed by atoms with Crippen LogP contribution in [0.5, 0.6) is 0 Å². The van der Waals surface area contributed by atoms with Crippen LogP contribution in [0.25, 0.3) is 0 Å². The van der Waals surface area contributed by atoms with E-state index in [0.717, 1.165) is 28.6 Å². The molecule has 1 heterocycles. The topological polar surface area (TPSA) is 23.5 Å². The van der Waals surface area contributed by atoms with Crippen LogP contribution in [0, 0.1) is 5.82 Å². The van der Waals surface area contributed by atoms with E-state index >= 15 is 0 Å². The van der Waals surface area contributed by atoms with Crippen LogP contribution in [0.2, 0.25) is 0 Å². The van der Waals surface area contributed by atoms with Crippen molar-refractivity contribution >= 4 is 21.6 Å². The fourth-order valence-electron chi connectivity index (χ4n) is 2.82. The van der Waals surface area contributed by atoms with Crippen LogP contribution in [0.1, 0.15) is 22.8 Å². The van der Waals surface area contributed by atoms with Crippen LogP contribution >= 0.6 is 15.9 Å². The summed E-state index contributed by atoms with van der Waals surface area (Å²) >= 11 is 3.40. The molecule has 4 heteroatoms. The highest BCUT2D eigenvalue weighted by Crippen LogP contribution is 2.31. The van der Waals surface area contributed by atoms with Crippen molar-refractivity contribution in [3.05, 3.63) is 63.4 Å². The Bertz CT molecular complexity index is 674. The van der Waals surface area contributed by atoms with Gasteiger partial charge in [-0.05, 0) is 47.4 Å². The predicted octanol–water partition coefficient (Wildman–Crippen LogP) is 3.86. The summed E-state index contributed by atoms with van der Waals surface area (Å²) in [5.41, 5.74) is 4.17. The third-order valence-electron chi connectivity index (χ3n) is 4.04. The summed E-state index contributed by atoms with van der Waals surface area (Å²) < 4.78 is 14.1. The Morgan fingerprint density at radius 3 is 2.90 bits per heavy atom. The first kappa shape index (κ1) is 14.5. The summed E-state index contributed by atoms with van der Waals surface area (Å²) in [7, 11) is 2.08. The first-order valence-electron chi connectivity index (χ1n) is 7.00. The number of benzene rings is 2. The molecule has 1 aliphatic rings. The number of aliphatic hydroxyl groups is 1. The largest absolute Gasteiger partial charge is 0.388 e. The van der Waals surface area contributed by atoms with Crippen LogP contribution in [-0.2, 0) is 12.8 Å². The molecule has 0 aliphatic carbocycles. The minimum atomic E-state index is -0.626. The second-order valence-electron chi connectivity index (χ2n) is 5.52. The maximum Gasteiger partial charge on any atom is 0.123 e. The van der Waals surface area contributed by atoms with E-state index in [-0.39, 0.29) is 5.82 Å². The fourth-order valence-corrected chi connectivity index (χ4v) is 3.23. The van der Waals surface area contributed by atoms with Gasteiger partial charge in [-0.3, -0.25) is 0 Å². The van der Waals surface area contributed by atoms with Gasteiger partial charge in [0.1, 0.15) is 5.82 Å². The molecule has 0 spiro atoms. The molecule has 0 amide bonds. The van der Waals surface area contributed by atoms with Gasteiger partial charge in [-0.1, -0.05) is 28.1 Å². The first-order valence-corrected chi connectivity index (χ1v) is 7.80. The Morgan fingerprint density at radius 2 is 2.10 bits per heavy atom. The van der Waals surface area contributed by atoms with E-state index in [1.807, 2.05) is 6.07 Å². The van der Waals surface area contributed by atoms with Crippen LogP contribution in [-0.4, -0.2) is 18.7 Å². The van der Waals surface area contributed by atoms with E-state index in [1.54, 1.807) is 6.07 Å². The van der Waals surface area contributed by atoms with Crippen molar-refractivity contribution in [3.63, 3.8) is 0 Å². The third-order valence-corrected chi connectivity index (χ3v) is 4.81. The van der Waals surface area contributed by atoms with Crippen LogP contribution in [0.3, 0.4) is 0 Å². The maximum atomic E-state index is 13.3. The van der Waals surface area contributed by atoms with Gasteiger partial charge in [-0.15, -0.1) is 0 Å². The minimum Gasteiger partial charge on any atom is -0.388 e. The van der Waals surface area contributed by atoms with Gasteiger partial charge >= 0.3 is 0 Å². The Balaban J connectivity index is 1.82. The van der Waals surface area contributed by atoms with Crippen molar-refractivity contribution in [1.82, 2.24) is 0 Å². The van der Waals surface area contributed by atoms with Gasteiger partial charge in [0.2, 0.25) is 0 Å². The van der Waals surface area contributed by atoms with Gasteiger partial charge in [0.15, 0.2) is 0 Å². The predicted molar refractivity (Wildman–Crippen MR) is 86.2 cm³/mol. The number of fused-ring (bicyclic) bond motifs is 1. The number of aliphatic hydroxyl groups excluding tert-OH is 1. The molecular formula is C17H17BrFNO. The van der Waals surface area contributed by atoms with Crippen molar-refractivity contribution < 1.29 is 9.50 Å². The second kappa shape index (κ2) is 5.78. The van der Waals surface area contributed by atoms with Crippen molar-refractivity contribution in [2.45, 2.75) is 18.9 Å². The standard InChI is InChI=1S/C17H17BrFNO/c1-20-7-6-11-8-12(2-5-16(11)20)17(21)10-13-9-14(19)3-4-15(13)18/h2-5,8-9,17,21H,6-7,10H2,1H3. The molecule has 1 atom stereocenters. The summed E-state index contributed by atoms with van der Waals surface area (Å²) in [5.74, 6) is -0.282. The van der Waals surface area contributed by atoms with Crippen molar-refractivity contribution in [1.29, 1.82) is 0 Å².